The lowest BCUT2D eigenvalue weighted by Crippen LogP contribution is -2.30. The highest BCUT2D eigenvalue weighted by atomic mass is 32.2. The zero-order valence-corrected chi connectivity index (χ0v) is 9.88. The quantitative estimate of drug-likeness (QED) is 0.626. The maximum Gasteiger partial charge on any atom is 0.522 e. The highest BCUT2D eigenvalue weighted by Gasteiger charge is 2.28. The van der Waals surface area contributed by atoms with Crippen molar-refractivity contribution in [3.05, 3.63) is 24.3 Å². The Morgan fingerprint density at radius 3 is 2.44 bits per heavy atom. The molecule has 0 aliphatic carbocycles. The number of alkyl halides is 3. The fraction of sp³-hybridized carbons (Fsp3) is 0.333. The van der Waals surface area contributed by atoms with Crippen LogP contribution in [0.2, 0.25) is 0 Å². The zero-order chi connectivity index (χ0) is 13.8. The van der Waals surface area contributed by atoms with Crippen LogP contribution in [0.25, 0.3) is 0 Å². The number of rotatable bonds is 5. The van der Waals surface area contributed by atoms with Crippen LogP contribution in [0.3, 0.4) is 0 Å². The third kappa shape index (κ3) is 4.51. The predicted molar refractivity (Wildman–Crippen MR) is 58.0 cm³/mol. The van der Waals surface area contributed by atoms with E-state index in [0.717, 1.165) is 0 Å². The van der Waals surface area contributed by atoms with E-state index in [1.165, 1.54) is 18.2 Å². The molecule has 9 heteroatoms. The van der Waals surface area contributed by atoms with E-state index in [1.807, 2.05) is 4.72 Å². The molecule has 5 nitrogen and oxygen atoms in total. The van der Waals surface area contributed by atoms with Gasteiger partial charge in [-0.25, -0.2) is 13.1 Å². The SMILES string of the molecule is Nc1ccccc1S(=O)(=O)NCCOC(F)(F)F. The zero-order valence-electron chi connectivity index (χ0n) is 9.07. The monoisotopic (exact) mass is 284 g/mol. The summed E-state index contributed by atoms with van der Waals surface area (Å²) in [7, 11) is -3.93. The second kappa shape index (κ2) is 5.55. The number of hydrogen-bond donors (Lipinski definition) is 2. The second-order valence-electron chi connectivity index (χ2n) is 3.23. The van der Waals surface area contributed by atoms with Crippen LogP contribution in [-0.2, 0) is 14.8 Å². The van der Waals surface area contributed by atoms with Gasteiger partial charge in [-0.2, -0.15) is 0 Å². The third-order valence-electron chi connectivity index (χ3n) is 1.87. The van der Waals surface area contributed by atoms with Crippen LogP contribution in [0.15, 0.2) is 29.2 Å². The first-order valence-corrected chi connectivity index (χ1v) is 6.25. The third-order valence-corrected chi connectivity index (χ3v) is 3.40. The molecular formula is C9H11F3N2O3S. The molecule has 0 aromatic heterocycles. The van der Waals surface area contributed by atoms with Crippen LogP contribution in [0, 0.1) is 0 Å². The molecule has 0 bridgehead atoms. The Labute approximate surface area is 102 Å². The second-order valence-corrected chi connectivity index (χ2v) is 4.97. The van der Waals surface area contributed by atoms with Crippen LogP contribution < -0.4 is 10.5 Å². The van der Waals surface area contributed by atoms with Gasteiger partial charge in [-0.15, -0.1) is 13.2 Å². The van der Waals surface area contributed by atoms with E-state index in [4.69, 9.17) is 5.73 Å². The summed E-state index contributed by atoms with van der Waals surface area (Å²) in [5.41, 5.74) is 5.47. The van der Waals surface area contributed by atoms with Crippen molar-refractivity contribution < 1.29 is 26.3 Å². The molecule has 0 atom stereocenters. The Balaban J connectivity index is 2.59. The lowest BCUT2D eigenvalue weighted by Gasteiger charge is -2.10. The van der Waals surface area contributed by atoms with Crippen molar-refractivity contribution in [3.63, 3.8) is 0 Å². The van der Waals surface area contributed by atoms with Crippen molar-refractivity contribution in [1.82, 2.24) is 4.72 Å². The molecule has 0 unspecified atom stereocenters. The van der Waals surface area contributed by atoms with Gasteiger partial charge in [0.15, 0.2) is 0 Å². The molecule has 0 aliphatic heterocycles. The van der Waals surface area contributed by atoms with Crippen LogP contribution in [0.1, 0.15) is 0 Å². The summed E-state index contributed by atoms with van der Waals surface area (Å²) < 4.78 is 63.6. The summed E-state index contributed by atoms with van der Waals surface area (Å²) in [6.07, 6.45) is -4.78. The molecular weight excluding hydrogens is 273 g/mol. The van der Waals surface area contributed by atoms with Crippen molar-refractivity contribution in [2.75, 3.05) is 18.9 Å². The number of hydrogen-bond acceptors (Lipinski definition) is 4. The molecule has 1 rings (SSSR count). The molecule has 0 fully saturated rings. The average molecular weight is 284 g/mol. The Kier molecular flexibility index (Phi) is 4.54. The molecule has 0 aliphatic rings. The van der Waals surface area contributed by atoms with Gasteiger partial charge < -0.3 is 5.73 Å². The lowest BCUT2D eigenvalue weighted by atomic mass is 10.3. The fourth-order valence-corrected chi connectivity index (χ4v) is 2.29. The molecule has 3 N–H and O–H groups in total. The van der Waals surface area contributed by atoms with Crippen molar-refractivity contribution in [2.45, 2.75) is 11.3 Å². The number of nitrogen functional groups attached to an aromatic ring is 1. The lowest BCUT2D eigenvalue weighted by molar-refractivity contribution is -0.323. The smallest absolute Gasteiger partial charge is 0.398 e. The summed E-state index contributed by atoms with van der Waals surface area (Å²) in [4.78, 5) is -0.183. The molecule has 1 aromatic rings. The van der Waals surface area contributed by atoms with Gasteiger partial charge in [-0.05, 0) is 12.1 Å². The fourth-order valence-electron chi connectivity index (χ4n) is 1.15. The molecule has 0 saturated heterocycles. The predicted octanol–water partition coefficient (Wildman–Crippen LogP) is 1.08. The van der Waals surface area contributed by atoms with E-state index >= 15 is 0 Å². The Bertz CT molecular complexity index is 502. The van der Waals surface area contributed by atoms with E-state index in [-0.39, 0.29) is 10.6 Å². The Hall–Kier alpha value is -1.32. The van der Waals surface area contributed by atoms with Gasteiger partial charge >= 0.3 is 6.36 Å². The van der Waals surface area contributed by atoms with E-state index in [2.05, 4.69) is 4.74 Å². The summed E-state index contributed by atoms with van der Waals surface area (Å²) in [6.45, 7) is -1.31. The number of nitrogens with one attached hydrogen (secondary N) is 1. The minimum Gasteiger partial charge on any atom is -0.398 e. The van der Waals surface area contributed by atoms with Gasteiger partial charge in [0, 0.05) is 6.54 Å². The average Bonchev–Trinajstić information content (AvgIpc) is 2.24. The van der Waals surface area contributed by atoms with E-state index in [9.17, 15) is 21.6 Å². The summed E-state index contributed by atoms with van der Waals surface area (Å²) in [6, 6.07) is 5.63. The largest absolute Gasteiger partial charge is 0.522 e. The van der Waals surface area contributed by atoms with Crippen LogP contribution in [0.5, 0.6) is 0 Å². The Morgan fingerprint density at radius 2 is 1.89 bits per heavy atom. The van der Waals surface area contributed by atoms with Gasteiger partial charge in [-0.1, -0.05) is 12.1 Å². The molecule has 18 heavy (non-hydrogen) atoms. The molecule has 102 valence electrons. The van der Waals surface area contributed by atoms with Crippen molar-refractivity contribution >= 4 is 15.7 Å². The van der Waals surface area contributed by atoms with Gasteiger partial charge in [0.25, 0.3) is 0 Å². The first-order chi connectivity index (χ1) is 8.22. The van der Waals surface area contributed by atoms with Crippen molar-refractivity contribution in [1.29, 1.82) is 0 Å². The number of para-hydroxylation sites is 1. The molecule has 1 aromatic carbocycles. The van der Waals surface area contributed by atoms with Crippen molar-refractivity contribution in [3.8, 4) is 0 Å². The number of ether oxygens (including phenoxy) is 1. The molecule has 0 radical (unpaired) electrons. The topological polar surface area (TPSA) is 81.4 Å². The van der Waals surface area contributed by atoms with Gasteiger partial charge in [0.2, 0.25) is 10.0 Å². The maximum atomic E-state index is 11.6. The number of sulfonamides is 1. The number of anilines is 1. The first kappa shape index (κ1) is 14.7. The normalized spacial score (nSPS) is 12.6. The highest BCUT2D eigenvalue weighted by molar-refractivity contribution is 7.89. The number of benzene rings is 1. The van der Waals surface area contributed by atoms with Crippen molar-refractivity contribution in [2.24, 2.45) is 0 Å². The van der Waals surface area contributed by atoms with Gasteiger partial charge in [0.05, 0.1) is 12.3 Å². The molecule has 0 heterocycles. The van der Waals surface area contributed by atoms with Gasteiger partial charge in [0.1, 0.15) is 4.90 Å². The standard InChI is InChI=1S/C9H11F3N2O3S/c10-9(11,12)17-6-5-14-18(15,16)8-4-2-1-3-7(8)13/h1-4,14H,5-6,13H2. The Morgan fingerprint density at radius 1 is 1.28 bits per heavy atom. The van der Waals surface area contributed by atoms with E-state index in [0.29, 0.717) is 0 Å². The maximum absolute atomic E-state index is 11.6. The summed E-state index contributed by atoms with van der Waals surface area (Å²) in [5, 5.41) is 0. The number of halogens is 3. The highest BCUT2D eigenvalue weighted by Crippen LogP contribution is 2.17. The minimum atomic E-state index is -4.78. The number of nitrogens with two attached hydrogens (primary N) is 1. The van der Waals surface area contributed by atoms with E-state index in [1.54, 1.807) is 6.07 Å². The van der Waals surface area contributed by atoms with Crippen LogP contribution in [-0.4, -0.2) is 27.9 Å². The van der Waals surface area contributed by atoms with Crippen LogP contribution in [0.4, 0.5) is 18.9 Å². The summed E-state index contributed by atoms with van der Waals surface area (Å²) >= 11 is 0. The van der Waals surface area contributed by atoms with Gasteiger partial charge in [-0.3, -0.25) is 4.74 Å². The molecule has 0 saturated carbocycles. The minimum absolute atomic E-state index is 0.0155. The molecule has 0 amide bonds. The van der Waals surface area contributed by atoms with Crippen LogP contribution >= 0.6 is 0 Å². The van der Waals surface area contributed by atoms with E-state index < -0.39 is 29.5 Å². The molecule has 0 spiro atoms. The summed E-state index contributed by atoms with van der Waals surface area (Å²) in [5.74, 6) is 0. The first-order valence-electron chi connectivity index (χ1n) is 4.77.